The van der Waals surface area contributed by atoms with Gasteiger partial charge in [0.05, 0.1) is 0 Å². The molecule has 0 saturated carbocycles. The molecule has 0 spiro atoms. The number of halogens is 1. The van der Waals surface area contributed by atoms with E-state index in [1.165, 1.54) is 11.3 Å². The third-order valence-electron chi connectivity index (χ3n) is 3.18. The summed E-state index contributed by atoms with van der Waals surface area (Å²) < 4.78 is 0. The summed E-state index contributed by atoms with van der Waals surface area (Å²) in [5.41, 5.74) is 9.81. The van der Waals surface area contributed by atoms with Crippen LogP contribution in [-0.2, 0) is 6.42 Å². The van der Waals surface area contributed by atoms with E-state index in [0.29, 0.717) is 0 Å². The van der Waals surface area contributed by atoms with Crippen molar-refractivity contribution in [2.75, 3.05) is 19.0 Å². The van der Waals surface area contributed by atoms with Crippen LogP contribution < -0.4 is 10.6 Å². The second-order valence-corrected chi connectivity index (χ2v) is 5.36. The number of nitrogens with two attached hydrogens (primary N) is 1. The van der Waals surface area contributed by atoms with Gasteiger partial charge in [-0.2, -0.15) is 0 Å². The Kier molecular flexibility index (Phi) is 4.46. The third kappa shape index (κ3) is 3.72. The summed E-state index contributed by atoms with van der Waals surface area (Å²) >= 11 is 5.88. The largest absolute Gasteiger partial charge is 0.378 e. The predicted octanol–water partition coefficient (Wildman–Crippen LogP) is 3.65. The molecular formula is C16H19ClN2. The fourth-order valence-electron chi connectivity index (χ4n) is 2.03. The Balaban J connectivity index is 2.13. The van der Waals surface area contributed by atoms with E-state index in [2.05, 4.69) is 23.1 Å². The van der Waals surface area contributed by atoms with E-state index >= 15 is 0 Å². The van der Waals surface area contributed by atoms with E-state index in [1.807, 2.05) is 44.4 Å². The molecule has 0 aliphatic carbocycles. The Bertz CT molecular complexity index is 535. The highest BCUT2D eigenvalue weighted by Crippen LogP contribution is 2.21. The maximum atomic E-state index is 6.28. The van der Waals surface area contributed by atoms with Crippen molar-refractivity contribution in [1.29, 1.82) is 0 Å². The molecular weight excluding hydrogens is 256 g/mol. The molecule has 0 aromatic heterocycles. The maximum Gasteiger partial charge on any atom is 0.0406 e. The van der Waals surface area contributed by atoms with Crippen molar-refractivity contribution in [3.8, 4) is 0 Å². The van der Waals surface area contributed by atoms with E-state index in [1.54, 1.807) is 0 Å². The summed E-state index contributed by atoms with van der Waals surface area (Å²) in [7, 11) is 4.06. The van der Waals surface area contributed by atoms with E-state index in [9.17, 15) is 0 Å². The molecule has 2 nitrogen and oxygen atoms in total. The maximum absolute atomic E-state index is 6.28. The van der Waals surface area contributed by atoms with Gasteiger partial charge < -0.3 is 10.6 Å². The molecule has 0 heterocycles. The van der Waals surface area contributed by atoms with Crippen LogP contribution in [0, 0.1) is 0 Å². The van der Waals surface area contributed by atoms with Gasteiger partial charge in [-0.3, -0.25) is 0 Å². The number of hydrogen-bond acceptors (Lipinski definition) is 2. The first-order valence-electron chi connectivity index (χ1n) is 6.33. The van der Waals surface area contributed by atoms with Gasteiger partial charge in [0, 0.05) is 30.8 Å². The van der Waals surface area contributed by atoms with Crippen LogP contribution in [0.25, 0.3) is 0 Å². The van der Waals surface area contributed by atoms with Crippen molar-refractivity contribution in [2.45, 2.75) is 12.5 Å². The summed E-state index contributed by atoms with van der Waals surface area (Å²) in [4.78, 5) is 2.08. The predicted molar refractivity (Wildman–Crippen MR) is 82.9 cm³/mol. The minimum Gasteiger partial charge on any atom is -0.378 e. The highest BCUT2D eigenvalue weighted by molar-refractivity contribution is 6.30. The van der Waals surface area contributed by atoms with Crippen LogP contribution >= 0.6 is 11.6 Å². The number of hydrogen-bond donors (Lipinski definition) is 1. The standard InChI is InChI=1S/C16H19ClN2/c1-19(2)15-5-3-4-13(11-15)16(18)10-12-6-8-14(17)9-7-12/h3-9,11,16H,10,18H2,1-2H3. The molecule has 0 radical (unpaired) electrons. The highest BCUT2D eigenvalue weighted by Gasteiger charge is 2.08. The van der Waals surface area contributed by atoms with Crippen LogP contribution in [0.15, 0.2) is 48.5 Å². The van der Waals surface area contributed by atoms with Gasteiger partial charge in [-0.25, -0.2) is 0 Å². The summed E-state index contributed by atoms with van der Waals surface area (Å²) in [5.74, 6) is 0. The molecule has 0 fully saturated rings. The molecule has 2 N–H and O–H groups in total. The third-order valence-corrected chi connectivity index (χ3v) is 3.44. The van der Waals surface area contributed by atoms with Gasteiger partial charge in [0.1, 0.15) is 0 Å². The number of anilines is 1. The lowest BCUT2D eigenvalue weighted by Crippen LogP contribution is -2.15. The topological polar surface area (TPSA) is 29.3 Å². The Labute approximate surface area is 119 Å². The first kappa shape index (κ1) is 13.9. The zero-order valence-corrected chi connectivity index (χ0v) is 12.1. The minimum absolute atomic E-state index is 0.000996. The molecule has 1 unspecified atom stereocenters. The molecule has 100 valence electrons. The van der Waals surface area contributed by atoms with Gasteiger partial charge in [0.15, 0.2) is 0 Å². The quantitative estimate of drug-likeness (QED) is 0.922. The molecule has 0 saturated heterocycles. The van der Waals surface area contributed by atoms with E-state index in [-0.39, 0.29) is 6.04 Å². The van der Waals surface area contributed by atoms with E-state index < -0.39 is 0 Å². The van der Waals surface area contributed by atoms with Crippen molar-refractivity contribution in [1.82, 2.24) is 0 Å². The molecule has 19 heavy (non-hydrogen) atoms. The Morgan fingerprint density at radius 3 is 2.42 bits per heavy atom. The van der Waals surface area contributed by atoms with Crippen molar-refractivity contribution in [3.05, 3.63) is 64.7 Å². The Morgan fingerprint density at radius 1 is 1.11 bits per heavy atom. The smallest absolute Gasteiger partial charge is 0.0406 e. The van der Waals surface area contributed by atoms with Gasteiger partial charge in [0.25, 0.3) is 0 Å². The summed E-state index contributed by atoms with van der Waals surface area (Å²) in [6, 6.07) is 16.2. The average Bonchev–Trinajstić information content (AvgIpc) is 2.41. The van der Waals surface area contributed by atoms with Gasteiger partial charge in [-0.15, -0.1) is 0 Å². The zero-order chi connectivity index (χ0) is 13.8. The van der Waals surface area contributed by atoms with E-state index in [0.717, 1.165) is 17.0 Å². The fourth-order valence-corrected chi connectivity index (χ4v) is 2.15. The first-order valence-corrected chi connectivity index (χ1v) is 6.71. The monoisotopic (exact) mass is 274 g/mol. The number of benzene rings is 2. The van der Waals surface area contributed by atoms with Crippen LogP contribution in [-0.4, -0.2) is 14.1 Å². The molecule has 2 aromatic rings. The first-order chi connectivity index (χ1) is 9.06. The molecule has 0 aliphatic rings. The fraction of sp³-hybridized carbons (Fsp3) is 0.250. The van der Waals surface area contributed by atoms with Crippen molar-refractivity contribution in [3.63, 3.8) is 0 Å². The lowest BCUT2D eigenvalue weighted by atomic mass is 9.99. The van der Waals surface area contributed by atoms with Crippen LogP contribution in [0.1, 0.15) is 17.2 Å². The van der Waals surface area contributed by atoms with Crippen LogP contribution in [0.3, 0.4) is 0 Å². The molecule has 1 atom stereocenters. The molecule has 0 amide bonds. The lowest BCUT2D eigenvalue weighted by Gasteiger charge is -2.17. The zero-order valence-electron chi connectivity index (χ0n) is 11.3. The van der Waals surface area contributed by atoms with Crippen LogP contribution in [0.5, 0.6) is 0 Å². The second-order valence-electron chi connectivity index (χ2n) is 4.93. The Morgan fingerprint density at radius 2 is 1.79 bits per heavy atom. The van der Waals surface area contributed by atoms with Crippen LogP contribution in [0.4, 0.5) is 5.69 Å². The molecule has 3 heteroatoms. The van der Waals surface area contributed by atoms with Gasteiger partial charge >= 0.3 is 0 Å². The van der Waals surface area contributed by atoms with Gasteiger partial charge in [-0.05, 0) is 41.8 Å². The number of nitrogens with zero attached hydrogens (tertiary/aromatic N) is 1. The second kappa shape index (κ2) is 6.09. The van der Waals surface area contributed by atoms with Gasteiger partial charge in [-0.1, -0.05) is 35.9 Å². The van der Waals surface area contributed by atoms with Crippen molar-refractivity contribution in [2.24, 2.45) is 5.73 Å². The Hall–Kier alpha value is -1.51. The summed E-state index contributed by atoms with van der Waals surface area (Å²) in [6.45, 7) is 0. The van der Waals surface area contributed by atoms with Crippen molar-refractivity contribution >= 4 is 17.3 Å². The molecule has 2 aromatic carbocycles. The summed E-state index contributed by atoms with van der Waals surface area (Å²) in [6.07, 6.45) is 0.814. The van der Waals surface area contributed by atoms with E-state index in [4.69, 9.17) is 17.3 Å². The SMILES string of the molecule is CN(C)c1cccc(C(N)Cc2ccc(Cl)cc2)c1. The minimum atomic E-state index is 0.000996. The van der Waals surface area contributed by atoms with Gasteiger partial charge in [0.2, 0.25) is 0 Å². The molecule has 0 bridgehead atoms. The molecule has 2 rings (SSSR count). The molecule has 0 aliphatic heterocycles. The lowest BCUT2D eigenvalue weighted by molar-refractivity contribution is 0.722. The number of rotatable bonds is 4. The normalized spacial score (nSPS) is 12.2. The van der Waals surface area contributed by atoms with Crippen LogP contribution in [0.2, 0.25) is 5.02 Å². The average molecular weight is 275 g/mol. The highest BCUT2D eigenvalue weighted by atomic mass is 35.5. The summed E-state index contributed by atoms with van der Waals surface area (Å²) in [5, 5.41) is 0.756. The van der Waals surface area contributed by atoms with Crippen molar-refractivity contribution < 1.29 is 0 Å².